The molecule has 6 heteroatoms. The maximum absolute atomic E-state index is 12.4. The Labute approximate surface area is 158 Å². The molecule has 128 valence electrons. The molecule has 1 heterocycles. The largest absolute Gasteiger partial charge is 0.507 e. The molecule has 0 atom stereocenters. The zero-order valence-electron chi connectivity index (χ0n) is 13.4. The standard InChI is InChI=1S/C20H13ClN2O2S/c21-18-15-7-3-4-8-17(15)26-19(18)20(25)23-22-11-14-9-12-5-1-2-6-13(12)10-16(14)24/h1-11,24H,(H,23,25)/b22-11+. The SMILES string of the molecule is O=C(N/N=C/c1cc2ccccc2cc1O)c1sc2ccccc2c1Cl. The van der Waals surface area contributed by atoms with E-state index in [1.165, 1.54) is 17.6 Å². The number of benzene rings is 3. The summed E-state index contributed by atoms with van der Waals surface area (Å²) in [7, 11) is 0. The van der Waals surface area contributed by atoms with Gasteiger partial charge in [-0.25, -0.2) is 5.43 Å². The molecule has 0 bridgehead atoms. The van der Waals surface area contributed by atoms with E-state index in [9.17, 15) is 9.90 Å². The van der Waals surface area contributed by atoms with E-state index in [0.29, 0.717) is 15.5 Å². The van der Waals surface area contributed by atoms with E-state index in [4.69, 9.17) is 11.6 Å². The molecule has 0 spiro atoms. The number of nitrogens with zero attached hydrogens (tertiary/aromatic N) is 1. The highest BCUT2D eigenvalue weighted by Crippen LogP contribution is 2.35. The van der Waals surface area contributed by atoms with Gasteiger partial charge in [-0.15, -0.1) is 11.3 Å². The Morgan fingerprint density at radius 2 is 1.77 bits per heavy atom. The summed E-state index contributed by atoms with van der Waals surface area (Å²) in [5, 5.41) is 17.2. The van der Waals surface area contributed by atoms with Crippen molar-refractivity contribution in [3.63, 3.8) is 0 Å². The minimum Gasteiger partial charge on any atom is -0.507 e. The number of hydrogen-bond donors (Lipinski definition) is 2. The van der Waals surface area contributed by atoms with Crippen molar-refractivity contribution in [3.8, 4) is 5.75 Å². The number of hydrogen-bond acceptors (Lipinski definition) is 4. The van der Waals surface area contributed by atoms with E-state index < -0.39 is 0 Å². The van der Waals surface area contributed by atoms with Crippen LogP contribution in [0.1, 0.15) is 15.2 Å². The lowest BCUT2D eigenvalue weighted by Gasteiger charge is -2.03. The van der Waals surface area contributed by atoms with E-state index in [2.05, 4.69) is 10.5 Å². The molecule has 0 radical (unpaired) electrons. The summed E-state index contributed by atoms with van der Waals surface area (Å²) in [5.74, 6) is -0.283. The highest BCUT2D eigenvalue weighted by molar-refractivity contribution is 7.21. The van der Waals surface area contributed by atoms with E-state index >= 15 is 0 Å². The van der Waals surface area contributed by atoms with Gasteiger partial charge in [-0.1, -0.05) is 54.1 Å². The van der Waals surface area contributed by atoms with E-state index in [1.54, 1.807) is 6.07 Å². The zero-order valence-corrected chi connectivity index (χ0v) is 15.0. The third-order valence-electron chi connectivity index (χ3n) is 4.01. The lowest BCUT2D eigenvalue weighted by atomic mass is 10.1. The number of aromatic hydroxyl groups is 1. The number of carbonyl (C=O) groups excluding carboxylic acids is 1. The van der Waals surface area contributed by atoms with Gasteiger partial charge in [-0.3, -0.25) is 4.79 Å². The predicted molar refractivity (Wildman–Crippen MR) is 108 cm³/mol. The number of amides is 1. The van der Waals surface area contributed by atoms with Crippen LogP contribution in [0.4, 0.5) is 0 Å². The minimum absolute atomic E-state index is 0.0987. The lowest BCUT2D eigenvalue weighted by Crippen LogP contribution is -2.16. The number of phenols is 1. The fourth-order valence-electron chi connectivity index (χ4n) is 2.72. The monoisotopic (exact) mass is 380 g/mol. The van der Waals surface area contributed by atoms with Crippen LogP contribution in [0.15, 0.2) is 65.8 Å². The van der Waals surface area contributed by atoms with Crippen LogP contribution < -0.4 is 5.43 Å². The average Bonchev–Trinajstić information content (AvgIpc) is 2.99. The molecule has 0 aliphatic rings. The van der Waals surface area contributed by atoms with Crippen molar-refractivity contribution >= 4 is 55.9 Å². The molecule has 1 amide bonds. The van der Waals surface area contributed by atoms with Crippen molar-refractivity contribution in [2.75, 3.05) is 0 Å². The first-order valence-electron chi connectivity index (χ1n) is 7.85. The van der Waals surface area contributed by atoms with Crippen LogP contribution in [0.25, 0.3) is 20.9 Å². The van der Waals surface area contributed by atoms with Crippen molar-refractivity contribution in [2.45, 2.75) is 0 Å². The Hall–Kier alpha value is -2.89. The number of rotatable bonds is 3. The second-order valence-corrected chi connectivity index (χ2v) is 7.13. The maximum atomic E-state index is 12.4. The second-order valence-electron chi connectivity index (χ2n) is 5.70. The van der Waals surface area contributed by atoms with Crippen LogP contribution in [0.5, 0.6) is 5.75 Å². The maximum Gasteiger partial charge on any atom is 0.283 e. The van der Waals surface area contributed by atoms with Gasteiger partial charge in [0.25, 0.3) is 5.91 Å². The first-order valence-corrected chi connectivity index (χ1v) is 9.05. The van der Waals surface area contributed by atoms with Crippen molar-refractivity contribution in [1.29, 1.82) is 0 Å². The molecule has 2 N–H and O–H groups in total. The number of nitrogens with one attached hydrogen (secondary N) is 1. The molecule has 0 unspecified atom stereocenters. The first kappa shape index (κ1) is 16.6. The summed E-state index contributed by atoms with van der Waals surface area (Å²) in [4.78, 5) is 12.8. The van der Waals surface area contributed by atoms with E-state index in [1.807, 2.05) is 54.6 Å². The van der Waals surface area contributed by atoms with Crippen LogP contribution in [0.2, 0.25) is 5.02 Å². The molecule has 4 nitrogen and oxygen atoms in total. The molecule has 0 saturated heterocycles. The number of hydrazone groups is 1. The second kappa shape index (κ2) is 6.78. The van der Waals surface area contributed by atoms with Crippen LogP contribution >= 0.6 is 22.9 Å². The number of thiophene rings is 1. The van der Waals surface area contributed by atoms with Gasteiger partial charge in [-0.2, -0.15) is 5.10 Å². The smallest absolute Gasteiger partial charge is 0.283 e. The van der Waals surface area contributed by atoms with Gasteiger partial charge in [0.15, 0.2) is 0 Å². The lowest BCUT2D eigenvalue weighted by molar-refractivity contribution is 0.0959. The predicted octanol–water partition coefficient (Wildman–Crippen LogP) is 5.18. The molecule has 3 aromatic carbocycles. The summed E-state index contributed by atoms with van der Waals surface area (Å²) >= 11 is 7.61. The molecule has 0 aliphatic heterocycles. The molecule has 0 fully saturated rings. The van der Waals surface area contributed by atoms with Crippen LogP contribution in [-0.4, -0.2) is 17.2 Å². The van der Waals surface area contributed by atoms with Gasteiger partial charge in [0.05, 0.1) is 11.2 Å². The summed E-state index contributed by atoms with van der Waals surface area (Å²) in [6, 6.07) is 18.7. The first-order chi connectivity index (χ1) is 12.6. The normalized spacial score (nSPS) is 11.4. The number of halogens is 1. The fourth-order valence-corrected chi connectivity index (χ4v) is 4.13. The van der Waals surface area contributed by atoms with Crippen molar-refractivity contribution < 1.29 is 9.90 Å². The Morgan fingerprint density at radius 1 is 1.08 bits per heavy atom. The molecule has 0 aliphatic carbocycles. The van der Waals surface area contributed by atoms with Gasteiger partial charge in [0, 0.05) is 15.6 Å². The fraction of sp³-hybridized carbons (Fsp3) is 0. The number of fused-ring (bicyclic) bond motifs is 2. The third-order valence-corrected chi connectivity index (χ3v) is 5.68. The number of carbonyl (C=O) groups is 1. The van der Waals surface area contributed by atoms with Crippen molar-refractivity contribution in [3.05, 3.63) is 76.1 Å². The summed E-state index contributed by atoms with van der Waals surface area (Å²) in [6.07, 6.45) is 1.42. The summed E-state index contributed by atoms with van der Waals surface area (Å²) < 4.78 is 0.943. The molecule has 1 aromatic heterocycles. The van der Waals surface area contributed by atoms with Crippen molar-refractivity contribution in [2.24, 2.45) is 5.10 Å². The van der Waals surface area contributed by atoms with Crippen LogP contribution in [0, 0.1) is 0 Å². The van der Waals surface area contributed by atoms with Gasteiger partial charge >= 0.3 is 0 Å². The Balaban J connectivity index is 1.57. The van der Waals surface area contributed by atoms with Gasteiger partial charge in [0.1, 0.15) is 10.6 Å². The summed E-state index contributed by atoms with van der Waals surface area (Å²) in [5.41, 5.74) is 2.99. The molecular formula is C20H13ClN2O2S. The Kier molecular flexibility index (Phi) is 4.32. The highest BCUT2D eigenvalue weighted by atomic mass is 35.5. The van der Waals surface area contributed by atoms with Gasteiger partial charge in [-0.05, 0) is 29.0 Å². The molecule has 4 aromatic rings. The third kappa shape index (κ3) is 3.03. The molecular weight excluding hydrogens is 368 g/mol. The zero-order chi connectivity index (χ0) is 18.1. The molecule has 0 saturated carbocycles. The van der Waals surface area contributed by atoms with E-state index in [-0.39, 0.29) is 11.7 Å². The van der Waals surface area contributed by atoms with Gasteiger partial charge in [0.2, 0.25) is 0 Å². The quantitative estimate of drug-likeness (QED) is 0.380. The van der Waals surface area contributed by atoms with Crippen molar-refractivity contribution in [1.82, 2.24) is 5.43 Å². The summed E-state index contributed by atoms with van der Waals surface area (Å²) in [6.45, 7) is 0. The minimum atomic E-state index is -0.382. The Morgan fingerprint density at radius 3 is 2.54 bits per heavy atom. The van der Waals surface area contributed by atoms with Gasteiger partial charge < -0.3 is 5.11 Å². The number of phenolic OH excluding ortho intramolecular Hbond substituents is 1. The molecule has 26 heavy (non-hydrogen) atoms. The molecule has 4 rings (SSSR count). The average molecular weight is 381 g/mol. The van der Waals surface area contributed by atoms with E-state index in [0.717, 1.165) is 20.9 Å². The highest BCUT2D eigenvalue weighted by Gasteiger charge is 2.16. The Bertz CT molecular complexity index is 1170. The van der Waals surface area contributed by atoms with Crippen LogP contribution in [-0.2, 0) is 0 Å². The van der Waals surface area contributed by atoms with Crippen LogP contribution in [0.3, 0.4) is 0 Å². The topological polar surface area (TPSA) is 61.7 Å².